The number of ketones is 1. The van der Waals surface area contributed by atoms with Crippen molar-refractivity contribution in [3.8, 4) is 5.75 Å². The Bertz CT molecular complexity index is 1450. The van der Waals surface area contributed by atoms with Gasteiger partial charge in [-0.05, 0) is 60.4 Å². The molecule has 3 aromatic carbocycles. The van der Waals surface area contributed by atoms with Crippen LogP contribution in [0.25, 0.3) is 11.0 Å². The maximum atomic E-state index is 13.8. The van der Waals surface area contributed by atoms with Crippen LogP contribution in [0.4, 0.5) is 5.69 Å². The Labute approximate surface area is 209 Å². The summed E-state index contributed by atoms with van der Waals surface area (Å²) in [4.78, 5) is 28.7. The van der Waals surface area contributed by atoms with E-state index in [1.807, 2.05) is 67.6 Å². The van der Waals surface area contributed by atoms with Crippen molar-refractivity contribution >= 4 is 28.3 Å². The third-order valence-corrected chi connectivity index (χ3v) is 6.42. The van der Waals surface area contributed by atoms with E-state index in [1.54, 1.807) is 18.2 Å². The smallest absolute Gasteiger partial charge is 0.294 e. The molecular weight excluding hydrogens is 454 g/mol. The number of nitrogens with zero attached hydrogens (tertiary/aromatic N) is 1. The summed E-state index contributed by atoms with van der Waals surface area (Å²) in [6.45, 7) is 6.54. The molecule has 1 aliphatic rings. The molecule has 0 bridgehead atoms. The van der Waals surface area contributed by atoms with Gasteiger partial charge in [-0.3, -0.25) is 14.5 Å². The molecule has 1 aromatic heterocycles. The molecule has 6 heteroatoms. The van der Waals surface area contributed by atoms with Crippen LogP contribution in [0, 0.1) is 0 Å². The van der Waals surface area contributed by atoms with Gasteiger partial charge in [0.1, 0.15) is 11.3 Å². The Kier molecular flexibility index (Phi) is 6.10. The van der Waals surface area contributed by atoms with Gasteiger partial charge >= 0.3 is 0 Å². The highest BCUT2D eigenvalue weighted by Crippen LogP contribution is 2.43. The number of aliphatic hydroxyl groups excluding tert-OH is 1. The van der Waals surface area contributed by atoms with Gasteiger partial charge in [-0.25, -0.2) is 0 Å². The average molecular weight is 482 g/mol. The molecular formula is C30H27NO5. The van der Waals surface area contributed by atoms with E-state index in [0.29, 0.717) is 35.1 Å². The number of amides is 1. The van der Waals surface area contributed by atoms with Crippen molar-refractivity contribution in [3.05, 3.63) is 107 Å². The molecule has 182 valence electrons. The maximum Gasteiger partial charge on any atom is 0.294 e. The standard InChI is InChI=1S/C30H27NO5/c1-4-35-23-10-7-9-21(16-23)27-26(28(32)25-17-20-8-5-6-11-24(20)36-25)29(33)30(34)31(27)22-14-12-19(13-15-22)18(2)3/h5-18,27,33H,4H2,1-3H3. The quantitative estimate of drug-likeness (QED) is 0.296. The number of furan rings is 1. The molecule has 5 rings (SSSR count). The second-order valence-corrected chi connectivity index (χ2v) is 9.07. The fourth-order valence-corrected chi connectivity index (χ4v) is 4.61. The van der Waals surface area contributed by atoms with Crippen molar-refractivity contribution in [1.29, 1.82) is 0 Å². The van der Waals surface area contributed by atoms with Crippen LogP contribution in [0.5, 0.6) is 5.75 Å². The van der Waals surface area contributed by atoms with Gasteiger partial charge in [-0.1, -0.05) is 56.3 Å². The van der Waals surface area contributed by atoms with Crippen LogP contribution < -0.4 is 9.64 Å². The van der Waals surface area contributed by atoms with E-state index < -0.39 is 23.5 Å². The topological polar surface area (TPSA) is 80.0 Å². The average Bonchev–Trinajstić information content (AvgIpc) is 3.43. The number of hydrogen-bond donors (Lipinski definition) is 1. The van der Waals surface area contributed by atoms with Crippen LogP contribution >= 0.6 is 0 Å². The molecule has 36 heavy (non-hydrogen) atoms. The predicted octanol–water partition coefficient (Wildman–Crippen LogP) is 6.74. The van der Waals surface area contributed by atoms with Gasteiger partial charge in [0.25, 0.3) is 5.91 Å². The van der Waals surface area contributed by atoms with Gasteiger partial charge in [-0.2, -0.15) is 0 Å². The van der Waals surface area contributed by atoms with Crippen molar-refractivity contribution in [2.24, 2.45) is 0 Å². The van der Waals surface area contributed by atoms with Crippen molar-refractivity contribution in [3.63, 3.8) is 0 Å². The summed E-state index contributed by atoms with van der Waals surface area (Å²) >= 11 is 0. The third-order valence-electron chi connectivity index (χ3n) is 6.42. The number of rotatable bonds is 7. The minimum absolute atomic E-state index is 0.0272. The largest absolute Gasteiger partial charge is 0.503 e. The highest BCUT2D eigenvalue weighted by atomic mass is 16.5. The fraction of sp³-hybridized carbons (Fsp3) is 0.200. The van der Waals surface area contributed by atoms with Gasteiger partial charge in [0.15, 0.2) is 11.5 Å². The summed E-state index contributed by atoms with van der Waals surface area (Å²) in [6, 6.07) is 22.9. The molecule has 0 radical (unpaired) electrons. The van der Waals surface area contributed by atoms with Gasteiger partial charge in [0.2, 0.25) is 5.78 Å². The lowest BCUT2D eigenvalue weighted by atomic mass is 9.94. The number of Topliss-reactive ketones (excluding diaryl/α,β-unsaturated/α-hetero) is 1. The van der Waals surface area contributed by atoms with Crippen LogP contribution in [-0.4, -0.2) is 23.4 Å². The number of carbonyl (C=O) groups excluding carboxylic acids is 2. The second-order valence-electron chi connectivity index (χ2n) is 9.07. The van der Waals surface area contributed by atoms with Crippen LogP contribution in [-0.2, 0) is 4.79 Å². The number of fused-ring (bicyclic) bond motifs is 1. The fourth-order valence-electron chi connectivity index (χ4n) is 4.61. The van der Waals surface area contributed by atoms with E-state index >= 15 is 0 Å². The Morgan fingerprint density at radius 1 is 1.03 bits per heavy atom. The molecule has 1 amide bonds. The number of benzene rings is 3. The lowest BCUT2D eigenvalue weighted by molar-refractivity contribution is -0.117. The van der Waals surface area contributed by atoms with Crippen LogP contribution in [0.2, 0.25) is 0 Å². The molecule has 6 nitrogen and oxygen atoms in total. The molecule has 1 aliphatic heterocycles. The van der Waals surface area contributed by atoms with Gasteiger partial charge in [0, 0.05) is 11.1 Å². The summed E-state index contributed by atoms with van der Waals surface area (Å²) < 4.78 is 11.5. The molecule has 4 aromatic rings. The Balaban J connectivity index is 1.64. The third kappa shape index (κ3) is 4.05. The predicted molar refractivity (Wildman–Crippen MR) is 139 cm³/mol. The van der Waals surface area contributed by atoms with Crippen LogP contribution in [0.3, 0.4) is 0 Å². The van der Waals surface area contributed by atoms with Crippen LogP contribution in [0.1, 0.15) is 54.4 Å². The molecule has 2 heterocycles. The van der Waals surface area contributed by atoms with Crippen molar-refractivity contribution in [2.75, 3.05) is 11.5 Å². The monoisotopic (exact) mass is 481 g/mol. The molecule has 0 fully saturated rings. The minimum atomic E-state index is -0.858. The number of hydrogen-bond acceptors (Lipinski definition) is 5. The minimum Gasteiger partial charge on any atom is -0.503 e. The first-order chi connectivity index (χ1) is 17.4. The lowest BCUT2D eigenvalue weighted by Crippen LogP contribution is -2.31. The van der Waals surface area contributed by atoms with E-state index in [4.69, 9.17) is 9.15 Å². The van der Waals surface area contributed by atoms with Crippen molar-refractivity contribution in [2.45, 2.75) is 32.7 Å². The molecule has 1 unspecified atom stereocenters. The zero-order valence-electron chi connectivity index (χ0n) is 20.4. The molecule has 1 atom stereocenters. The van der Waals surface area contributed by atoms with E-state index in [-0.39, 0.29) is 11.3 Å². The molecule has 1 N–H and O–H groups in total. The lowest BCUT2D eigenvalue weighted by Gasteiger charge is -2.27. The van der Waals surface area contributed by atoms with E-state index in [2.05, 4.69) is 13.8 Å². The van der Waals surface area contributed by atoms with Crippen molar-refractivity contribution in [1.82, 2.24) is 0 Å². The summed E-state index contributed by atoms with van der Waals surface area (Å²) in [5, 5.41) is 11.8. The van der Waals surface area contributed by atoms with E-state index in [1.165, 1.54) is 4.90 Å². The zero-order chi connectivity index (χ0) is 25.4. The number of ether oxygens (including phenoxy) is 1. The van der Waals surface area contributed by atoms with Crippen LogP contribution in [0.15, 0.2) is 94.6 Å². The highest BCUT2D eigenvalue weighted by molar-refractivity contribution is 6.20. The van der Waals surface area contributed by atoms with Gasteiger partial charge in [0.05, 0.1) is 18.2 Å². The first-order valence-corrected chi connectivity index (χ1v) is 12.0. The second kappa shape index (κ2) is 9.38. The first kappa shape index (κ1) is 23.4. The van der Waals surface area contributed by atoms with E-state index in [0.717, 1.165) is 10.9 Å². The number of carbonyl (C=O) groups is 2. The van der Waals surface area contributed by atoms with Gasteiger partial charge < -0.3 is 14.3 Å². The normalized spacial score (nSPS) is 15.8. The Morgan fingerprint density at radius 2 is 1.78 bits per heavy atom. The summed E-state index contributed by atoms with van der Waals surface area (Å²) in [7, 11) is 0. The summed E-state index contributed by atoms with van der Waals surface area (Å²) in [5.41, 5.74) is 2.87. The molecule has 0 saturated carbocycles. The summed E-state index contributed by atoms with van der Waals surface area (Å²) in [6.07, 6.45) is 0. The molecule has 0 aliphatic carbocycles. The highest BCUT2D eigenvalue weighted by Gasteiger charge is 2.45. The van der Waals surface area contributed by atoms with E-state index in [9.17, 15) is 14.7 Å². The number of para-hydroxylation sites is 1. The first-order valence-electron chi connectivity index (χ1n) is 12.0. The summed E-state index contributed by atoms with van der Waals surface area (Å²) in [5.74, 6) is -0.763. The number of anilines is 1. The molecule has 0 spiro atoms. The molecule has 0 saturated heterocycles. The Morgan fingerprint density at radius 3 is 2.47 bits per heavy atom. The zero-order valence-corrected chi connectivity index (χ0v) is 20.4. The maximum absolute atomic E-state index is 13.8. The Hall–Kier alpha value is -4.32. The SMILES string of the molecule is CCOc1cccc(C2C(C(=O)c3cc4ccccc4o3)=C(O)C(=O)N2c2ccc(C(C)C)cc2)c1. The van der Waals surface area contributed by atoms with Gasteiger partial charge in [-0.15, -0.1) is 0 Å². The number of aliphatic hydroxyl groups is 1. The van der Waals surface area contributed by atoms with Crippen molar-refractivity contribution < 1.29 is 23.8 Å².